The van der Waals surface area contributed by atoms with Crippen LogP contribution in [-0.4, -0.2) is 25.6 Å². The van der Waals surface area contributed by atoms with E-state index in [1.807, 2.05) is 54.6 Å². The van der Waals surface area contributed by atoms with E-state index in [1.54, 1.807) is 0 Å². The van der Waals surface area contributed by atoms with Crippen LogP contribution in [0.2, 0.25) is 0 Å². The van der Waals surface area contributed by atoms with E-state index in [0.29, 0.717) is 12.1 Å². The molecule has 0 aliphatic heterocycles. The molecule has 8 nitrogen and oxygen atoms in total. The summed E-state index contributed by atoms with van der Waals surface area (Å²) in [7, 11) is 0. The summed E-state index contributed by atoms with van der Waals surface area (Å²) in [5, 5.41) is 18.3. The lowest BCUT2D eigenvalue weighted by Crippen LogP contribution is -2.14. The number of anilines is 1. The molecule has 0 bridgehead atoms. The van der Waals surface area contributed by atoms with Gasteiger partial charge in [-0.1, -0.05) is 48.5 Å². The van der Waals surface area contributed by atoms with Crippen LogP contribution < -0.4 is 5.32 Å². The number of aromatic nitrogens is 3. The van der Waals surface area contributed by atoms with Gasteiger partial charge in [0.1, 0.15) is 18.3 Å². The van der Waals surface area contributed by atoms with E-state index in [0.717, 1.165) is 11.1 Å². The average Bonchev–Trinajstić information content (AvgIpc) is 3.30. The van der Waals surface area contributed by atoms with Gasteiger partial charge in [-0.2, -0.15) is 5.10 Å². The Balaban J connectivity index is 1.61. The van der Waals surface area contributed by atoms with Crippen molar-refractivity contribution in [3.8, 4) is 5.69 Å². The second kappa shape index (κ2) is 8.36. The number of hydrogen-bond acceptors (Lipinski definition) is 5. The number of nitrogens with zero attached hydrogens (tertiary/aromatic N) is 4. The van der Waals surface area contributed by atoms with Gasteiger partial charge >= 0.3 is 0 Å². The van der Waals surface area contributed by atoms with Crippen LogP contribution >= 0.6 is 0 Å². The summed E-state index contributed by atoms with van der Waals surface area (Å²) in [6.45, 7) is 0. The van der Waals surface area contributed by atoms with Crippen LogP contribution in [0.25, 0.3) is 5.69 Å². The molecule has 3 aromatic carbocycles. The predicted molar refractivity (Wildman–Crippen MR) is 112 cm³/mol. The van der Waals surface area contributed by atoms with Gasteiger partial charge in [0.15, 0.2) is 0 Å². The number of hydrogen-bond donors (Lipinski definition) is 1. The SMILES string of the molecule is O=C(Nc1ccccc1Cc1ccccc1)c1ccc(-n2cncn2)c([N+](=O)[O-])c1. The molecule has 0 aliphatic rings. The van der Waals surface area contributed by atoms with Crippen LogP contribution in [-0.2, 0) is 6.42 Å². The van der Waals surface area contributed by atoms with Crippen LogP contribution in [0.15, 0.2) is 85.5 Å². The number of benzene rings is 3. The van der Waals surface area contributed by atoms with Crippen molar-refractivity contribution in [2.24, 2.45) is 0 Å². The highest BCUT2D eigenvalue weighted by atomic mass is 16.6. The molecule has 0 unspecified atom stereocenters. The molecule has 0 aliphatic carbocycles. The Morgan fingerprint density at radius 2 is 1.80 bits per heavy atom. The highest BCUT2D eigenvalue weighted by Gasteiger charge is 2.20. The van der Waals surface area contributed by atoms with Gasteiger partial charge in [0, 0.05) is 17.3 Å². The Labute approximate surface area is 172 Å². The summed E-state index contributed by atoms with van der Waals surface area (Å²) < 4.78 is 1.29. The maximum absolute atomic E-state index is 12.8. The minimum Gasteiger partial charge on any atom is -0.322 e. The molecule has 0 atom stereocenters. The summed E-state index contributed by atoms with van der Waals surface area (Å²) in [5.41, 5.74) is 2.91. The fourth-order valence-corrected chi connectivity index (χ4v) is 3.14. The smallest absolute Gasteiger partial charge is 0.295 e. The number of nitrogens with one attached hydrogen (secondary N) is 1. The topological polar surface area (TPSA) is 103 Å². The Kier molecular flexibility index (Phi) is 5.29. The Morgan fingerprint density at radius 3 is 2.53 bits per heavy atom. The van der Waals surface area contributed by atoms with E-state index in [2.05, 4.69) is 15.4 Å². The fraction of sp³-hybridized carbons (Fsp3) is 0.0455. The number of nitro groups is 1. The van der Waals surface area contributed by atoms with E-state index < -0.39 is 10.8 Å². The van der Waals surface area contributed by atoms with Crippen LogP contribution in [0.1, 0.15) is 21.5 Å². The minimum absolute atomic E-state index is 0.181. The first-order chi connectivity index (χ1) is 14.6. The Bertz CT molecular complexity index is 1190. The van der Waals surface area contributed by atoms with Gasteiger partial charge < -0.3 is 5.32 Å². The molecule has 8 heteroatoms. The number of carbonyl (C=O) groups excluding carboxylic acids is 1. The molecule has 1 amide bonds. The van der Waals surface area contributed by atoms with E-state index >= 15 is 0 Å². The zero-order valence-corrected chi connectivity index (χ0v) is 15.8. The third-order valence-electron chi connectivity index (χ3n) is 4.60. The lowest BCUT2D eigenvalue weighted by atomic mass is 10.0. The van der Waals surface area contributed by atoms with Gasteiger partial charge in [-0.05, 0) is 35.7 Å². The van der Waals surface area contributed by atoms with Crippen molar-refractivity contribution in [2.75, 3.05) is 5.32 Å². The molecule has 4 aromatic rings. The van der Waals surface area contributed by atoms with Crippen molar-refractivity contribution in [3.05, 3.63) is 112 Å². The lowest BCUT2D eigenvalue weighted by molar-refractivity contribution is -0.384. The monoisotopic (exact) mass is 399 g/mol. The van der Waals surface area contributed by atoms with Crippen molar-refractivity contribution >= 4 is 17.3 Å². The molecule has 1 N–H and O–H groups in total. The van der Waals surface area contributed by atoms with Crippen molar-refractivity contribution in [3.63, 3.8) is 0 Å². The highest BCUT2D eigenvalue weighted by Crippen LogP contribution is 2.25. The standard InChI is InChI=1S/C22H17N5O3/c28-22(18-10-11-20(21(13-18)27(29)30)26-15-23-14-24-26)25-19-9-5-4-8-17(19)12-16-6-2-1-3-7-16/h1-11,13-15H,12H2,(H,25,28). The van der Waals surface area contributed by atoms with Crippen LogP contribution in [0.5, 0.6) is 0 Å². The first-order valence-corrected chi connectivity index (χ1v) is 9.18. The molecule has 0 spiro atoms. The summed E-state index contributed by atoms with van der Waals surface area (Å²) in [6, 6.07) is 21.7. The second-order valence-corrected chi connectivity index (χ2v) is 6.57. The summed E-state index contributed by atoms with van der Waals surface area (Å²) in [6.07, 6.45) is 3.30. The fourth-order valence-electron chi connectivity index (χ4n) is 3.14. The van der Waals surface area contributed by atoms with E-state index in [-0.39, 0.29) is 16.9 Å². The van der Waals surface area contributed by atoms with Crippen LogP contribution in [0, 0.1) is 10.1 Å². The van der Waals surface area contributed by atoms with Crippen molar-refractivity contribution in [1.82, 2.24) is 14.8 Å². The number of para-hydroxylation sites is 1. The second-order valence-electron chi connectivity index (χ2n) is 6.57. The van der Waals surface area contributed by atoms with Crippen molar-refractivity contribution in [1.29, 1.82) is 0 Å². The summed E-state index contributed by atoms with van der Waals surface area (Å²) in [4.78, 5) is 27.6. The molecule has 0 saturated carbocycles. The molecule has 148 valence electrons. The van der Waals surface area contributed by atoms with E-state index in [1.165, 1.54) is 35.5 Å². The molecule has 30 heavy (non-hydrogen) atoms. The third-order valence-corrected chi connectivity index (χ3v) is 4.60. The molecular weight excluding hydrogens is 382 g/mol. The van der Waals surface area contributed by atoms with Gasteiger partial charge in [-0.25, -0.2) is 9.67 Å². The molecular formula is C22H17N5O3. The number of carbonyl (C=O) groups is 1. The van der Waals surface area contributed by atoms with Gasteiger partial charge in [0.05, 0.1) is 4.92 Å². The summed E-state index contributed by atoms with van der Waals surface area (Å²) in [5.74, 6) is -0.427. The van der Waals surface area contributed by atoms with Crippen molar-refractivity contribution in [2.45, 2.75) is 6.42 Å². The Morgan fingerprint density at radius 1 is 1.03 bits per heavy atom. The zero-order chi connectivity index (χ0) is 20.9. The largest absolute Gasteiger partial charge is 0.322 e. The van der Waals surface area contributed by atoms with Gasteiger partial charge in [-0.15, -0.1) is 0 Å². The maximum atomic E-state index is 12.8. The molecule has 0 radical (unpaired) electrons. The van der Waals surface area contributed by atoms with Gasteiger partial charge in [-0.3, -0.25) is 14.9 Å². The molecule has 1 heterocycles. The summed E-state index contributed by atoms with van der Waals surface area (Å²) >= 11 is 0. The van der Waals surface area contributed by atoms with Gasteiger partial charge in [0.2, 0.25) is 0 Å². The average molecular weight is 399 g/mol. The van der Waals surface area contributed by atoms with Gasteiger partial charge in [0.25, 0.3) is 11.6 Å². The first kappa shape index (κ1) is 19.0. The van der Waals surface area contributed by atoms with Crippen LogP contribution in [0.3, 0.4) is 0 Å². The van der Waals surface area contributed by atoms with E-state index in [9.17, 15) is 14.9 Å². The molecule has 1 aromatic heterocycles. The first-order valence-electron chi connectivity index (χ1n) is 9.18. The third kappa shape index (κ3) is 4.07. The highest BCUT2D eigenvalue weighted by molar-refractivity contribution is 6.05. The number of rotatable bonds is 6. The molecule has 0 saturated heterocycles. The maximum Gasteiger partial charge on any atom is 0.295 e. The molecule has 4 rings (SSSR count). The predicted octanol–water partition coefficient (Wildman–Crippen LogP) is 4.02. The minimum atomic E-state index is -0.545. The Hall–Kier alpha value is -4.33. The molecule has 0 fully saturated rings. The number of nitro benzene ring substituents is 1. The normalized spacial score (nSPS) is 10.5. The van der Waals surface area contributed by atoms with Crippen molar-refractivity contribution < 1.29 is 9.72 Å². The lowest BCUT2D eigenvalue weighted by Gasteiger charge is -2.12. The van der Waals surface area contributed by atoms with E-state index in [4.69, 9.17) is 0 Å². The van der Waals surface area contributed by atoms with Crippen LogP contribution in [0.4, 0.5) is 11.4 Å². The number of amides is 1. The quantitative estimate of drug-likeness (QED) is 0.390. The zero-order valence-electron chi connectivity index (χ0n) is 15.8.